The standard InChI is InChI=1S/C9H5N7/c1-2-4-6-5(3-1)7-8(10-6)11-9-12-14-15-16(9)13-7/h1-4H,(H,10,11,12,15)/i15+1. The number of aromatic nitrogens is 7. The Kier molecular flexibility index (Phi) is 1.21. The molecule has 0 bridgehead atoms. The van der Waals surface area contributed by atoms with Crippen molar-refractivity contribution in [1.29, 1.82) is 0 Å². The first kappa shape index (κ1) is 7.69. The summed E-state index contributed by atoms with van der Waals surface area (Å²) in [7, 11) is 0. The van der Waals surface area contributed by atoms with Crippen molar-refractivity contribution in [3.05, 3.63) is 24.3 Å². The zero-order valence-corrected chi connectivity index (χ0v) is 7.99. The number of hydrogen-bond acceptors (Lipinski definition) is 5. The number of para-hydroxylation sites is 1. The molecule has 0 amide bonds. The van der Waals surface area contributed by atoms with E-state index in [1.807, 2.05) is 24.3 Å². The van der Waals surface area contributed by atoms with Crippen molar-refractivity contribution < 1.29 is 0 Å². The summed E-state index contributed by atoms with van der Waals surface area (Å²) in [5.41, 5.74) is 2.47. The van der Waals surface area contributed by atoms with E-state index in [9.17, 15) is 0 Å². The van der Waals surface area contributed by atoms with Crippen LogP contribution in [0.15, 0.2) is 24.3 Å². The molecule has 76 valence electrons. The zero-order valence-electron chi connectivity index (χ0n) is 7.99. The average molecular weight is 212 g/mol. The quantitative estimate of drug-likeness (QED) is 0.460. The van der Waals surface area contributed by atoms with Crippen LogP contribution in [0.1, 0.15) is 0 Å². The number of rotatable bonds is 0. The first-order valence-corrected chi connectivity index (χ1v) is 4.75. The van der Waals surface area contributed by atoms with Crippen LogP contribution in [-0.2, 0) is 0 Å². The first-order chi connectivity index (χ1) is 7.92. The highest BCUT2D eigenvalue weighted by molar-refractivity contribution is 6.03. The Balaban J connectivity index is 2.32. The van der Waals surface area contributed by atoms with Gasteiger partial charge in [-0.05, 0) is 16.5 Å². The highest BCUT2D eigenvalue weighted by Gasteiger charge is 2.09. The van der Waals surface area contributed by atoms with Gasteiger partial charge < -0.3 is 4.98 Å². The van der Waals surface area contributed by atoms with Crippen LogP contribution in [0.2, 0.25) is 0 Å². The van der Waals surface area contributed by atoms with Gasteiger partial charge in [0.15, 0.2) is 5.65 Å². The number of nitrogens with zero attached hydrogens (tertiary/aromatic N) is 6. The predicted molar refractivity (Wildman–Crippen MR) is 55.7 cm³/mol. The number of benzene rings is 1. The highest BCUT2D eigenvalue weighted by atomic mass is 16.0. The minimum Gasteiger partial charge on any atom is -0.338 e. The first-order valence-electron chi connectivity index (χ1n) is 4.75. The fourth-order valence-electron chi connectivity index (χ4n) is 1.80. The maximum absolute atomic E-state index is 4.31. The SMILES string of the molecule is c1ccc2c(c1)[nH]c1nc3nn[15n]n3nc12. The number of nitrogens with one attached hydrogen (secondary N) is 1. The highest BCUT2D eigenvalue weighted by Crippen LogP contribution is 2.21. The van der Waals surface area contributed by atoms with E-state index in [4.69, 9.17) is 0 Å². The third-order valence-electron chi connectivity index (χ3n) is 2.50. The van der Waals surface area contributed by atoms with Gasteiger partial charge in [-0.3, -0.25) is 0 Å². The summed E-state index contributed by atoms with van der Waals surface area (Å²) < 4.78 is 1.32. The molecule has 0 aliphatic rings. The van der Waals surface area contributed by atoms with E-state index in [0.29, 0.717) is 11.4 Å². The van der Waals surface area contributed by atoms with Gasteiger partial charge in [-0.2, -0.15) is 4.98 Å². The Labute approximate surface area is 88.1 Å². The van der Waals surface area contributed by atoms with Crippen molar-refractivity contribution >= 4 is 27.8 Å². The van der Waals surface area contributed by atoms with Crippen molar-refractivity contribution in [2.45, 2.75) is 0 Å². The fraction of sp³-hybridized carbons (Fsp3) is 0. The molecule has 3 heterocycles. The lowest BCUT2D eigenvalue weighted by Crippen LogP contribution is -1.96. The van der Waals surface area contributed by atoms with Crippen LogP contribution in [0, 0.1) is 0 Å². The van der Waals surface area contributed by atoms with Crippen LogP contribution < -0.4 is 0 Å². The van der Waals surface area contributed by atoms with Gasteiger partial charge in [-0.1, -0.05) is 27.9 Å². The number of hydrogen-bond donors (Lipinski definition) is 1. The molecule has 4 rings (SSSR count). The van der Waals surface area contributed by atoms with E-state index >= 15 is 0 Å². The zero-order chi connectivity index (χ0) is 10.5. The number of fused-ring (bicyclic) bond motifs is 4. The van der Waals surface area contributed by atoms with Crippen LogP contribution in [0.3, 0.4) is 0 Å². The molecule has 0 spiro atoms. The van der Waals surface area contributed by atoms with Crippen molar-refractivity contribution in [3.8, 4) is 0 Å². The van der Waals surface area contributed by atoms with E-state index in [1.54, 1.807) is 0 Å². The molecule has 0 saturated carbocycles. The average Bonchev–Trinajstić information content (AvgIpc) is 2.88. The van der Waals surface area contributed by atoms with E-state index in [-0.39, 0.29) is 0 Å². The maximum Gasteiger partial charge on any atom is 0.293 e. The van der Waals surface area contributed by atoms with E-state index in [0.717, 1.165) is 16.4 Å². The third-order valence-corrected chi connectivity index (χ3v) is 2.50. The van der Waals surface area contributed by atoms with Crippen LogP contribution in [-0.4, -0.2) is 35.2 Å². The molecular formula is C9H5N7. The third kappa shape index (κ3) is 0.842. The Morgan fingerprint density at radius 2 is 2.12 bits per heavy atom. The fourth-order valence-corrected chi connectivity index (χ4v) is 1.80. The molecule has 7 nitrogen and oxygen atoms in total. The lowest BCUT2D eigenvalue weighted by atomic mass is 10.2. The molecule has 0 aliphatic carbocycles. The molecule has 3 aromatic heterocycles. The van der Waals surface area contributed by atoms with Gasteiger partial charge in [0, 0.05) is 10.9 Å². The maximum atomic E-state index is 4.31. The molecule has 0 atom stereocenters. The van der Waals surface area contributed by atoms with Gasteiger partial charge in [-0.25, -0.2) is 0 Å². The Bertz CT molecular complexity index is 812. The van der Waals surface area contributed by atoms with Crippen molar-refractivity contribution in [1.82, 2.24) is 35.2 Å². The van der Waals surface area contributed by atoms with Crippen molar-refractivity contribution in [2.75, 3.05) is 0 Å². The minimum absolute atomic E-state index is 0.388. The van der Waals surface area contributed by atoms with E-state index < -0.39 is 0 Å². The smallest absolute Gasteiger partial charge is 0.293 e. The minimum atomic E-state index is 0.388. The lowest BCUT2D eigenvalue weighted by Gasteiger charge is -1.89. The molecule has 16 heavy (non-hydrogen) atoms. The summed E-state index contributed by atoms with van der Waals surface area (Å²) in [6, 6.07) is 7.88. The topological polar surface area (TPSA) is 84.6 Å². The Morgan fingerprint density at radius 3 is 3.12 bits per heavy atom. The van der Waals surface area contributed by atoms with Crippen LogP contribution >= 0.6 is 0 Å². The second kappa shape index (κ2) is 2.51. The van der Waals surface area contributed by atoms with Crippen LogP contribution in [0.4, 0.5) is 0 Å². The summed E-state index contributed by atoms with van der Waals surface area (Å²) >= 11 is 0. The van der Waals surface area contributed by atoms with Crippen LogP contribution in [0.25, 0.3) is 27.8 Å². The normalized spacial score (nSPS) is 11.8. The second-order valence-corrected chi connectivity index (χ2v) is 3.45. The van der Waals surface area contributed by atoms with Gasteiger partial charge in [0.25, 0.3) is 5.78 Å². The molecule has 0 unspecified atom stereocenters. The molecule has 1 N–H and O–H groups in total. The molecule has 4 aromatic rings. The summed E-state index contributed by atoms with van der Waals surface area (Å²) in [5, 5.41) is 16.3. The Hall–Kier alpha value is -2.57. The van der Waals surface area contributed by atoms with Crippen molar-refractivity contribution in [3.63, 3.8) is 0 Å². The largest absolute Gasteiger partial charge is 0.338 e. The summed E-state index contributed by atoms with van der Waals surface area (Å²) in [4.78, 5) is 7.46. The summed E-state index contributed by atoms with van der Waals surface area (Å²) in [5.74, 6) is 0.388. The molecule has 7 heteroatoms. The second-order valence-electron chi connectivity index (χ2n) is 3.45. The monoisotopic (exact) mass is 212 g/mol. The van der Waals surface area contributed by atoms with Gasteiger partial charge in [0.1, 0.15) is 5.52 Å². The Morgan fingerprint density at radius 1 is 1.19 bits per heavy atom. The molecule has 0 aliphatic heterocycles. The molecule has 0 saturated heterocycles. The number of aromatic amines is 1. The lowest BCUT2D eigenvalue weighted by molar-refractivity contribution is 0.741. The summed E-state index contributed by atoms with van der Waals surface area (Å²) in [6.45, 7) is 0. The molecule has 0 fully saturated rings. The van der Waals surface area contributed by atoms with Crippen LogP contribution in [0.5, 0.6) is 0 Å². The number of H-pyrrole nitrogens is 1. The van der Waals surface area contributed by atoms with Crippen molar-refractivity contribution in [2.24, 2.45) is 0 Å². The van der Waals surface area contributed by atoms with E-state index in [2.05, 4.69) is 30.6 Å². The number of tetrazole rings is 1. The van der Waals surface area contributed by atoms with Gasteiger partial charge in [0.05, 0.1) is 0 Å². The predicted octanol–water partition coefficient (Wildman–Crippen LogP) is 0.549. The molecular weight excluding hydrogens is 207 g/mol. The molecule has 1 aromatic carbocycles. The molecule has 0 radical (unpaired) electrons. The van der Waals surface area contributed by atoms with Gasteiger partial charge in [0.2, 0.25) is 0 Å². The van der Waals surface area contributed by atoms with E-state index in [1.165, 1.54) is 4.63 Å². The van der Waals surface area contributed by atoms with Gasteiger partial charge in [-0.15, -0.1) is 5.10 Å². The van der Waals surface area contributed by atoms with Gasteiger partial charge >= 0.3 is 0 Å². The summed E-state index contributed by atoms with van der Waals surface area (Å²) in [6.07, 6.45) is 0.